The van der Waals surface area contributed by atoms with Crippen molar-refractivity contribution in [1.29, 1.82) is 0 Å². The molecule has 1 aromatic heterocycles. The highest BCUT2D eigenvalue weighted by Crippen LogP contribution is 2.28. The minimum absolute atomic E-state index is 0.0548. The van der Waals surface area contributed by atoms with Gasteiger partial charge in [0.05, 0.1) is 16.8 Å². The van der Waals surface area contributed by atoms with Gasteiger partial charge in [0.1, 0.15) is 5.82 Å². The summed E-state index contributed by atoms with van der Waals surface area (Å²) >= 11 is 0. The first kappa shape index (κ1) is 15.5. The van der Waals surface area contributed by atoms with Gasteiger partial charge >= 0.3 is 0 Å². The first-order valence-electron chi connectivity index (χ1n) is 8.69. The molecule has 4 nitrogen and oxygen atoms in total. The van der Waals surface area contributed by atoms with Crippen molar-refractivity contribution in [3.8, 4) is 0 Å². The van der Waals surface area contributed by atoms with Crippen LogP contribution in [-0.2, 0) is 0 Å². The molecule has 3 heterocycles. The molecule has 1 N–H and O–H groups in total. The van der Waals surface area contributed by atoms with E-state index in [9.17, 15) is 9.18 Å². The number of aryl methyl sites for hydroxylation is 1. The molecule has 2 atom stereocenters. The van der Waals surface area contributed by atoms with Crippen molar-refractivity contribution in [1.82, 2.24) is 15.2 Å². The fourth-order valence-electron chi connectivity index (χ4n) is 4.04. The highest BCUT2D eigenvalue weighted by molar-refractivity contribution is 5.98. The first-order chi connectivity index (χ1) is 11.6. The Morgan fingerprint density at radius 2 is 1.92 bits per heavy atom. The molecule has 1 aromatic carbocycles. The Balaban J connectivity index is 1.60. The number of hydrogen-bond donors (Lipinski definition) is 1. The van der Waals surface area contributed by atoms with E-state index in [2.05, 4.69) is 10.3 Å². The molecule has 2 aliphatic rings. The maximum absolute atomic E-state index is 13.4. The zero-order valence-corrected chi connectivity index (χ0v) is 13.9. The highest BCUT2D eigenvalue weighted by atomic mass is 19.1. The van der Waals surface area contributed by atoms with Gasteiger partial charge in [-0.2, -0.15) is 0 Å². The van der Waals surface area contributed by atoms with E-state index in [4.69, 9.17) is 0 Å². The Morgan fingerprint density at radius 1 is 1.21 bits per heavy atom. The Labute approximate surface area is 141 Å². The van der Waals surface area contributed by atoms with Gasteiger partial charge in [-0.1, -0.05) is 0 Å². The van der Waals surface area contributed by atoms with Crippen LogP contribution in [0.1, 0.15) is 28.9 Å². The topological polar surface area (TPSA) is 45.2 Å². The van der Waals surface area contributed by atoms with Crippen molar-refractivity contribution in [2.45, 2.75) is 19.8 Å². The van der Waals surface area contributed by atoms with Crippen molar-refractivity contribution < 1.29 is 9.18 Å². The summed E-state index contributed by atoms with van der Waals surface area (Å²) in [4.78, 5) is 19.4. The second-order valence-electron chi connectivity index (χ2n) is 7.01. The largest absolute Gasteiger partial charge is 0.339 e. The lowest BCUT2D eigenvalue weighted by Gasteiger charge is -2.22. The van der Waals surface area contributed by atoms with Crippen LogP contribution in [0.3, 0.4) is 0 Å². The van der Waals surface area contributed by atoms with E-state index < -0.39 is 0 Å². The quantitative estimate of drug-likeness (QED) is 0.876. The SMILES string of the molecule is Cc1nc2cc(F)ccc2cc1C(=O)N1CC[C@@H]2CNC[C@@H]2CC1. The molecule has 2 aromatic rings. The van der Waals surface area contributed by atoms with E-state index >= 15 is 0 Å². The zero-order valence-electron chi connectivity index (χ0n) is 13.9. The predicted molar refractivity (Wildman–Crippen MR) is 91.4 cm³/mol. The van der Waals surface area contributed by atoms with Crippen LogP contribution in [-0.4, -0.2) is 42.0 Å². The number of fused-ring (bicyclic) bond motifs is 2. The fourth-order valence-corrected chi connectivity index (χ4v) is 4.04. The van der Waals surface area contributed by atoms with Crippen LogP contribution < -0.4 is 5.32 Å². The van der Waals surface area contributed by atoms with Gasteiger partial charge in [-0.3, -0.25) is 9.78 Å². The minimum Gasteiger partial charge on any atom is -0.339 e. The molecule has 2 saturated heterocycles. The fraction of sp³-hybridized carbons (Fsp3) is 0.474. The van der Waals surface area contributed by atoms with Gasteiger partial charge in [-0.25, -0.2) is 4.39 Å². The van der Waals surface area contributed by atoms with Crippen LogP contribution in [0.4, 0.5) is 4.39 Å². The van der Waals surface area contributed by atoms with E-state index in [0.717, 1.165) is 44.4 Å². The summed E-state index contributed by atoms with van der Waals surface area (Å²) in [5, 5.41) is 4.26. The van der Waals surface area contributed by atoms with Crippen molar-refractivity contribution in [3.05, 3.63) is 41.3 Å². The maximum Gasteiger partial charge on any atom is 0.255 e. The number of rotatable bonds is 1. The predicted octanol–water partition coefficient (Wildman–Crippen LogP) is 2.75. The van der Waals surface area contributed by atoms with E-state index in [1.54, 1.807) is 6.07 Å². The number of carbonyl (C=O) groups excluding carboxylic acids is 1. The summed E-state index contributed by atoms with van der Waals surface area (Å²) in [6.07, 6.45) is 2.13. The third kappa shape index (κ3) is 2.77. The van der Waals surface area contributed by atoms with E-state index in [0.29, 0.717) is 28.6 Å². The monoisotopic (exact) mass is 327 g/mol. The van der Waals surface area contributed by atoms with Crippen LogP contribution in [0.15, 0.2) is 24.3 Å². The summed E-state index contributed by atoms with van der Waals surface area (Å²) in [5.41, 5.74) is 1.91. The van der Waals surface area contributed by atoms with Crippen LogP contribution in [0.25, 0.3) is 10.9 Å². The molecule has 0 radical (unpaired) electrons. The van der Waals surface area contributed by atoms with E-state index in [1.165, 1.54) is 12.1 Å². The molecular weight excluding hydrogens is 305 g/mol. The number of aromatic nitrogens is 1. The molecule has 5 heteroatoms. The van der Waals surface area contributed by atoms with Crippen LogP contribution >= 0.6 is 0 Å². The third-order valence-electron chi connectivity index (χ3n) is 5.51. The molecule has 0 aliphatic carbocycles. The first-order valence-corrected chi connectivity index (χ1v) is 8.69. The van der Waals surface area contributed by atoms with Crippen molar-refractivity contribution in [3.63, 3.8) is 0 Å². The molecule has 2 aliphatic heterocycles. The van der Waals surface area contributed by atoms with Gasteiger partial charge in [0.25, 0.3) is 5.91 Å². The number of amides is 1. The number of benzene rings is 1. The number of nitrogens with one attached hydrogen (secondary N) is 1. The smallest absolute Gasteiger partial charge is 0.255 e. The number of carbonyl (C=O) groups is 1. The van der Waals surface area contributed by atoms with Crippen LogP contribution in [0, 0.1) is 24.6 Å². The summed E-state index contributed by atoms with van der Waals surface area (Å²) in [6.45, 7) is 5.60. The van der Waals surface area contributed by atoms with Gasteiger partial charge in [0.2, 0.25) is 0 Å². The maximum atomic E-state index is 13.4. The summed E-state index contributed by atoms with van der Waals surface area (Å²) in [6, 6.07) is 6.36. The number of halogens is 1. The lowest BCUT2D eigenvalue weighted by atomic mass is 9.92. The molecule has 4 rings (SSSR count). The molecule has 0 saturated carbocycles. The zero-order chi connectivity index (χ0) is 16.7. The molecular formula is C19H22FN3O. The second-order valence-corrected chi connectivity index (χ2v) is 7.01. The molecule has 0 unspecified atom stereocenters. The van der Waals surface area contributed by atoms with E-state index in [1.807, 2.05) is 17.9 Å². The van der Waals surface area contributed by atoms with Gasteiger partial charge in [-0.05, 0) is 62.9 Å². The molecule has 126 valence electrons. The van der Waals surface area contributed by atoms with Crippen molar-refractivity contribution in [2.24, 2.45) is 11.8 Å². The molecule has 2 fully saturated rings. The second kappa shape index (κ2) is 6.13. The lowest BCUT2D eigenvalue weighted by Crippen LogP contribution is -2.33. The van der Waals surface area contributed by atoms with Gasteiger partial charge in [0.15, 0.2) is 0 Å². The van der Waals surface area contributed by atoms with Crippen LogP contribution in [0.5, 0.6) is 0 Å². The Morgan fingerprint density at radius 3 is 2.62 bits per heavy atom. The third-order valence-corrected chi connectivity index (χ3v) is 5.51. The van der Waals surface area contributed by atoms with Gasteiger partial charge in [-0.15, -0.1) is 0 Å². The average molecular weight is 327 g/mol. The molecule has 1 amide bonds. The van der Waals surface area contributed by atoms with Gasteiger partial charge in [0, 0.05) is 24.5 Å². The Bertz CT molecular complexity index is 778. The number of likely N-dealkylation sites (tertiary alicyclic amines) is 1. The molecule has 24 heavy (non-hydrogen) atoms. The standard InChI is InChI=1S/C19H22FN3O/c1-12-17(8-13-2-3-16(20)9-18(13)22-12)19(24)23-6-4-14-10-21-11-15(14)5-7-23/h2-3,8-9,14-15,21H,4-7,10-11H2,1H3/t14-,15+. The normalized spacial score (nSPS) is 24.0. The molecule has 0 spiro atoms. The van der Waals surface area contributed by atoms with Gasteiger partial charge < -0.3 is 10.2 Å². The lowest BCUT2D eigenvalue weighted by molar-refractivity contribution is 0.0757. The molecule has 0 bridgehead atoms. The average Bonchev–Trinajstić information content (AvgIpc) is 2.92. The van der Waals surface area contributed by atoms with E-state index in [-0.39, 0.29) is 11.7 Å². The number of pyridine rings is 1. The summed E-state index contributed by atoms with van der Waals surface area (Å²) < 4.78 is 13.4. The number of nitrogens with zero attached hydrogens (tertiary/aromatic N) is 2. The van der Waals surface area contributed by atoms with Crippen molar-refractivity contribution >= 4 is 16.8 Å². The van der Waals surface area contributed by atoms with Crippen molar-refractivity contribution in [2.75, 3.05) is 26.2 Å². The summed E-state index contributed by atoms with van der Waals surface area (Å²) in [5.74, 6) is 1.14. The Kier molecular flexibility index (Phi) is 3.96. The van der Waals surface area contributed by atoms with Crippen LogP contribution in [0.2, 0.25) is 0 Å². The summed E-state index contributed by atoms with van der Waals surface area (Å²) in [7, 11) is 0. The highest BCUT2D eigenvalue weighted by Gasteiger charge is 2.32. The minimum atomic E-state index is -0.304. The number of hydrogen-bond acceptors (Lipinski definition) is 3. The Hall–Kier alpha value is -2.01.